The third kappa shape index (κ3) is 4.56. The lowest BCUT2D eigenvalue weighted by Crippen LogP contribution is -2.23. The summed E-state index contributed by atoms with van der Waals surface area (Å²) in [5.41, 5.74) is 2.34. The van der Waals surface area contributed by atoms with Crippen molar-refractivity contribution < 1.29 is 4.39 Å². The molecule has 0 heterocycles. The van der Waals surface area contributed by atoms with Gasteiger partial charge in [0.25, 0.3) is 0 Å². The zero-order chi connectivity index (χ0) is 12.8. The van der Waals surface area contributed by atoms with Crippen molar-refractivity contribution in [2.24, 2.45) is 0 Å². The van der Waals surface area contributed by atoms with Gasteiger partial charge in [0.05, 0.1) is 0 Å². The summed E-state index contributed by atoms with van der Waals surface area (Å²) in [5, 5.41) is 0. The van der Waals surface area contributed by atoms with Crippen molar-refractivity contribution >= 4 is 18.1 Å². The van der Waals surface area contributed by atoms with E-state index >= 15 is 0 Å². The monoisotopic (exact) mass is 279 g/mol. The molecule has 0 saturated heterocycles. The SMILES string of the molecule is CCCN(Cc1ccc(F)cc1)c1ccccc1.Cl. The van der Waals surface area contributed by atoms with Crippen molar-refractivity contribution in [1.82, 2.24) is 0 Å². The Morgan fingerprint density at radius 1 is 0.947 bits per heavy atom. The minimum atomic E-state index is -0.180. The minimum absolute atomic E-state index is 0. The normalized spacial score (nSPS) is 9.79. The molecule has 0 saturated carbocycles. The highest BCUT2D eigenvalue weighted by molar-refractivity contribution is 5.85. The molecule has 0 atom stereocenters. The molecule has 0 aliphatic heterocycles. The number of para-hydroxylation sites is 1. The Bertz CT molecular complexity index is 470. The summed E-state index contributed by atoms with van der Waals surface area (Å²) in [6.07, 6.45) is 1.09. The molecule has 0 amide bonds. The number of rotatable bonds is 5. The van der Waals surface area contributed by atoms with Crippen LogP contribution in [0.5, 0.6) is 0 Å². The van der Waals surface area contributed by atoms with E-state index in [-0.39, 0.29) is 18.2 Å². The van der Waals surface area contributed by atoms with Gasteiger partial charge in [0, 0.05) is 18.8 Å². The van der Waals surface area contributed by atoms with Gasteiger partial charge in [-0.1, -0.05) is 37.3 Å². The van der Waals surface area contributed by atoms with Crippen molar-refractivity contribution in [2.45, 2.75) is 19.9 Å². The molecule has 2 rings (SSSR count). The zero-order valence-corrected chi connectivity index (χ0v) is 11.9. The van der Waals surface area contributed by atoms with Crippen LogP contribution in [-0.2, 0) is 6.54 Å². The van der Waals surface area contributed by atoms with E-state index in [0.717, 1.165) is 25.1 Å². The lowest BCUT2D eigenvalue weighted by molar-refractivity contribution is 0.626. The fourth-order valence-corrected chi connectivity index (χ4v) is 2.02. The van der Waals surface area contributed by atoms with Crippen LogP contribution < -0.4 is 4.90 Å². The lowest BCUT2D eigenvalue weighted by Gasteiger charge is -2.24. The fourth-order valence-electron chi connectivity index (χ4n) is 2.02. The number of hydrogen-bond donors (Lipinski definition) is 0. The summed E-state index contributed by atoms with van der Waals surface area (Å²) in [4.78, 5) is 2.31. The molecule has 3 heteroatoms. The number of hydrogen-bond acceptors (Lipinski definition) is 1. The van der Waals surface area contributed by atoms with Crippen LogP contribution in [0.15, 0.2) is 54.6 Å². The molecule has 0 aliphatic carbocycles. The standard InChI is InChI=1S/C16H18FN.ClH/c1-2-12-18(16-6-4-3-5-7-16)13-14-8-10-15(17)11-9-14;/h3-11H,2,12-13H2,1H3;1H. The summed E-state index contributed by atoms with van der Waals surface area (Å²) >= 11 is 0. The first-order valence-corrected chi connectivity index (χ1v) is 6.34. The molecule has 0 unspecified atom stereocenters. The van der Waals surface area contributed by atoms with Crippen LogP contribution >= 0.6 is 12.4 Å². The third-order valence-electron chi connectivity index (χ3n) is 2.90. The first-order chi connectivity index (χ1) is 8.79. The second-order valence-corrected chi connectivity index (χ2v) is 4.38. The molecule has 0 fully saturated rings. The smallest absolute Gasteiger partial charge is 0.123 e. The van der Waals surface area contributed by atoms with E-state index in [9.17, 15) is 4.39 Å². The van der Waals surface area contributed by atoms with E-state index in [1.54, 1.807) is 0 Å². The van der Waals surface area contributed by atoms with Crippen molar-refractivity contribution in [3.8, 4) is 0 Å². The van der Waals surface area contributed by atoms with Crippen LogP contribution in [-0.4, -0.2) is 6.54 Å². The van der Waals surface area contributed by atoms with Gasteiger partial charge in [-0.05, 0) is 36.2 Å². The first-order valence-electron chi connectivity index (χ1n) is 6.34. The Labute approximate surface area is 120 Å². The number of nitrogens with zero attached hydrogens (tertiary/aromatic N) is 1. The Kier molecular flexibility index (Phi) is 6.37. The number of halogens is 2. The van der Waals surface area contributed by atoms with Crippen molar-refractivity contribution in [3.05, 3.63) is 66.0 Å². The van der Waals surface area contributed by atoms with Gasteiger partial charge in [0.15, 0.2) is 0 Å². The molecule has 2 aromatic rings. The summed E-state index contributed by atoms with van der Waals surface area (Å²) < 4.78 is 12.9. The van der Waals surface area contributed by atoms with E-state index in [2.05, 4.69) is 24.0 Å². The highest BCUT2D eigenvalue weighted by atomic mass is 35.5. The van der Waals surface area contributed by atoms with E-state index in [4.69, 9.17) is 0 Å². The van der Waals surface area contributed by atoms with Gasteiger partial charge in [-0.3, -0.25) is 0 Å². The molecule has 2 aromatic carbocycles. The molecule has 1 nitrogen and oxygen atoms in total. The molecule has 0 spiro atoms. The topological polar surface area (TPSA) is 3.24 Å². The van der Waals surface area contributed by atoms with Crippen LogP contribution in [0.3, 0.4) is 0 Å². The van der Waals surface area contributed by atoms with Crippen LogP contribution in [0.4, 0.5) is 10.1 Å². The predicted octanol–water partition coefficient (Wildman–Crippen LogP) is 4.66. The summed E-state index contributed by atoms with van der Waals surface area (Å²) in [6, 6.07) is 17.1. The Morgan fingerprint density at radius 2 is 1.58 bits per heavy atom. The average molecular weight is 280 g/mol. The van der Waals surface area contributed by atoms with E-state index in [0.29, 0.717) is 0 Å². The molecular weight excluding hydrogens is 261 g/mol. The first kappa shape index (κ1) is 15.5. The van der Waals surface area contributed by atoms with Gasteiger partial charge < -0.3 is 4.90 Å². The Morgan fingerprint density at radius 3 is 2.16 bits per heavy atom. The third-order valence-corrected chi connectivity index (χ3v) is 2.90. The number of benzene rings is 2. The molecule has 0 radical (unpaired) electrons. The molecular formula is C16H19ClFN. The maximum atomic E-state index is 12.9. The van der Waals surface area contributed by atoms with Crippen LogP contribution in [0.1, 0.15) is 18.9 Å². The van der Waals surface area contributed by atoms with Gasteiger partial charge >= 0.3 is 0 Å². The maximum absolute atomic E-state index is 12.9. The molecule has 0 bridgehead atoms. The Balaban J connectivity index is 0.00000180. The Hall–Kier alpha value is -1.54. The van der Waals surface area contributed by atoms with Gasteiger partial charge in [-0.2, -0.15) is 0 Å². The highest BCUT2D eigenvalue weighted by Gasteiger charge is 2.05. The van der Waals surface area contributed by atoms with Gasteiger partial charge in [0.2, 0.25) is 0 Å². The van der Waals surface area contributed by atoms with Gasteiger partial charge in [-0.25, -0.2) is 4.39 Å². The molecule has 0 aliphatic rings. The maximum Gasteiger partial charge on any atom is 0.123 e. The second-order valence-electron chi connectivity index (χ2n) is 4.38. The van der Waals surface area contributed by atoms with Crippen LogP contribution in [0, 0.1) is 5.82 Å². The second kappa shape index (κ2) is 7.80. The largest absolute Gasteiger partial charge is 0.367 e. The zero-order valence-electron chi connectivity index (χ0n) is 11.1. The molecule has 102 valence electrons. The predicted molar refractivity (Wildman–Crippen MR) is 81.4 cm³/mol. The van der Waals surface area contributed by atoms with E-state index < -0.39 is 0 Å². The van der Waals surface area contributed by atoms with Crippen molar-refractivity contribution in [2.75, 3.05) is 11.4 Å². The summed E-state index contributed by atoms with van der Waals surface area (Å²) in [5.74, 6) is -0.180. The minimum Gasteiger partial charge on any atom is -0.367 e. The quantitative estimate of drug-likeness (QED) is 0.769. The van der Waals surface area contributed by atoms with Gasteiger partial charge in [0.1, 0.15) is 5.82 Å². The van der Waals surface area contributed by atoms with Crippen LogP contribution in [0.2, 0.25) is 0 Å². The van der Waals surface area contributed by atoms with Crippen LogP contribution in [0.25, 0.3) is 0 Å². The fraction of sp³-hybridized carbons (Fsp3) is 0.250. The van der Waals surface area contributed by atoms with Crippen molar-refractivity contribution in [3.63, 3.8) is 0 Å². The van der Waals surface area contributed by atoms with E-state index in [1.165, 1.54) is 17.8 Å². The highest BCUT2D eigenvalue weighted by Crippen LogP contribution is 2.17. The number of anilines is 1. The molecule has 0 aromatic heterocycles. The summed E-state index contributed by atoms with van der Waals surface area (Å²) in [6.45, 7) is 3.99. The molecule has 19 heavy (non-hydrogen) atoms. The van der Waals surface area contributed by atoms with E-state index in [1.807, 2.05) is 30.3 Å². The average Bonchev–Trinajstić information content (AvgIpc) is 2.42. The molecule has 0 N–H and O–H groups in total. The summed E-state index contributed by atoms with van der Waals surface area (Å²) in [7, 11) is 0. The van der Waals surface area contributed by atoms with Gasteiger partial charge in [-0.15, -0.1) is 12.4 Å². The van der Waals surface area contributed by atoms with Crippen molar-refractivity contribution in [1.29, 1.82) is 0 Å². The lowest BCUT2D eigenvalue weighted by atomic mass is 10.2.